The van der Waals surface area contributed by atoms with Crippen molar-refractivity contribution >= 4 is 34.8 Å². The molecule has 0 radical (unpaired) electrons. The summed E-state index contributed by atoms with van der Waals surface area (Å²) in [5.41, 5.74) is 0.288. The number of nitrogens with zero attached hydrogens (tertiary/aromatic N) is 1. The Morgan fingerprint density at radius 1 is 1.18 bits per heavy atom. The lowest BCUT2D eigenvalue weighted by Crippen LogP contribution is -2.40. The average Bonchev–Trinajstić information content (AvgIpc) is 2.64. The smallest absolute Gasteiger partial charge is 0.326 e. The number of carbonyl (C=O) groups is 1. The molecule has 1 aliphatic heterocycles. The van der Waals surface area contributed by atoms with Crippen LogP contribution in [0.4, 0.5) is 18.9 Å². The number of halogens is 5. The minimum Gasteiger partial charge on any atom is -0.326 e. The zero-order valence-electron chi connectivity index (χ0n) is 14.9. The summed E-state index contributed by atoms with van der Waals surface area (Å²) in [6.45, 7) is 1.93. The number of alkyl halides is 3. The predicted octanol–water partition coefficient (Wildman–Crippen LogP) is 5.86. The third-order valence-electron chi connectivity index (χ3n) is 4.74. The maximum absolute atomic E-state index is 12.8. The van der Waals surface area contributed by atoms with Crippen molar-refractivity contribution in [1.29, 1.82) is 0 Å². The zero-order valence-corrected chi connectivity index (χ0v) is 16.4. The van der Waals surface area contributed by atoms with E-state index in [4.69, 9.17) is 23.2 Å². The Morgan fingerprint density at radius 3 is 2.68 bits per heavy atom. The molecule has 3 nitrogen and oxygen atoms in total. The molecule has 1 N–H and O–H groups in total. The fourth-order valence-electron chi connectivity index (χ4n) is 3.32. The molecule has 0 aromatic heterocycles. The first kappa shape index (κ1) is 21.0. The van der Waals surface area contributed by atoms with Crippen molar-refractivity contribution in [2.24, 2.45) is 5.92 Å². The quantitative estimate of drug-likeness (QED) is 0.658. The van der Waals surface area contributed by atoms with Crippen molar-refractivity contribution in [1.82, 2.24) is 4.90 Å². The van der Waals surface area contributed by atoms with Crippen LogP contribution in [0.5, 0.6) is 0 Å². The van der Waals surface area contributed by atoms with Gasteiger partial charge < -0.3 is 5.32 Å². The second-order valence-electron chi connectivity index (χ2n) is 6.88. The molecule has 1 atom stereocenters. The molecule has 0 unspecified atom stereocenters. The van der Waals surface area contributed by atoms with Crippen LogP contribution in [-0.4, -0.2) is 23.9 Å². The maximum atomic E-state index is 12.8. The number of anilines is 1. The van der Waals surface area contributed by atoms with Crippen LogP contribution in [0.2, 0.25) is 10.0 Å². The number of amides is 1. The van der Waals surface area contributed by atoms with E-state index in [0.29, 0.717) is 29.6 Å². The van der Waals surface area contributed by atoms with Crippen LogP contribution < -0.4 is 5.32 Å². The van der Waals surface area contributed by atoms with Gasteiger partial charge in [0.05, 0.1) is 11.5 Å². The summed E-state index contributed by atoms with van der Waals surface area (Å²) in [6.07, 6.45) is -2.93. The third kappa shape index (κ3) is 5.40. The molecule has 1 saturated heterocycles. The van der Waals surface area contributed by atoms with Crippen molar-refractivity contribution in [3.05, 3.63) is 63.6 Å². The van der Waals surface area contributed by atoms with Gasteiger partial charge in [0, 0.05) is 28.8 Å². The van der Waals surface area contributed by atoms with Crippen LogP contribution in [0.25, 0.3) is 0 Å². The highest BCUT2D eigenvalue weighted by Crippen LogP contribution is 2.31. The van der Waals surface area contributed by atoms with Gasteiger partial charge in [-0.2, -0.15) is 13.2 Å². The number of piperidine rings is 1. The fourth-order valence-corrected chi connectivity index (χ4v) is 3.79. The van der Waals surface area contributed by atoms with Gasteiger partial charge >= 0.3 is 6.18 Å². The molecule has 8 heteroatoms. The minimum atomic E-state index is -4.44. The molecule has 1 amide bonds. The number of carbonyl (C=O) groups excluding carboxylic acids is 1. The maximum Gasteiger partial charge on any atom is 0.416 e. The van der Waals surface area contributed by atoms with Gasteiger partial charge in [0.25, 0.3) is 0 Å². The van der Waals surface area contributed by atoms with Crippen LogP contribution in [0, 0.1) is 5.92 Å². The molecule has 0 spiro atoms. The first-order chi connectivity index (χ1) is 13.2. The largest absolute Gasteiger partial charge is 0.416 e. The topological polar surface area (TPSA) is 32.3 Å². The molecule has 0 saturated carbocycles. The standard InChI is InChI=1S/C20H19Cl2F3N2O/c21-16-7-6-13(18(22)10-16)11-27-8-2-3-14(12-27)19(28)26-17-5-1-4-15(9-17)20(23,24)25/h1,4-7,9-10,14H,2-3,8,11-12H2,(H,26,28)/t14-/m1/s1. The molecule has 150 valence electrons. The Labute approximate surface area is 171 Å². The average molecular weight is 431 g/mol. The molecule has 1 aliphatic rings. The van der Waals surface area contributed by atoms with E-state index < -0.39 is 11.7 Å². The van der Waals surface area contributed by atoms with E-state index >= 15 is 0 Å². The molecule has 2 aromatic carbocycles. The molecule has 0 bridgehead atoms. The monoisotopic (exact) mass is 430 g/mol. The lowest BCUT2D eigenvalue weighted by atomic mass is 9.96. The Kier molecular flexibility index (Phi) is 6.53. The summed E-state index contributed by atoms with van der Waals surface area (Å²) in [7, 11) is 0. The van der Waals surface area contributed by atoms with Gasteiger partial charge in [0.2, 0.25) is 5.91 Å². The Bertz CT molecular complexity index is 858. The van der Waals surface area contributed by atoms with Gasteiger partial charge in [0.1, 0.15) is 0 Å². The SMILES string of the molecule is O=C(Nc1cccc(C(F)(F)F)c1)[C@@H]1CCCN(Cc2ccc(Cl)cc2Cl)C1. The summed E-state index contributed by atoms with van der Waals surface area (Å²) in [6, 6.07) is 9.98. The molecule has 1 heterocycles. The van der Waals surface area contributed by atoms with Crippen LogP contribution >= 0.6 is 23.2 Å². The number of likely N-dealkylation sites (tertiary alicyclic amines) is 1. The zero-order chi connectivity index (χ0) is 20.3. The number of hydrogen-bond donors (Lipinski definition) is 1. The molecular weight excluding hydrogens is 412 g/mol. The van der Waals surface area contributed by atoms with Crippen molar-refractivity contribution in [2.45, 2.75) is 25.6 Å². The van der Waals surface area contributed by atoms with Gasteiger partial charge in [-0.15, -0.1) is 0 Å². The fraction of sp³-hybridized carbons (Fsp3) is 0.350. The second kappa shape index (κ2) is 8.72. The summed E-state index contributed by atoms with van der Waals surface area (Å²) < 4.78 is 38.5. The van der Waals surface area contributed by atoms with Gasteiger partial charge in [-0.25, -0.2) is 0 Å². The summed E-state index contributed by atoms with van der Waals surface area (Å²) in [5, 5.41) is 3.75. The van der Waals surface area contributed by atoms with E-state index in [1.54, 1.807) is 12.1 Å². The molecular formula is C20H19Cl2F3N2O. The summed E-state index contributed by atoms with van der Waals surface area (Å²) in [4.78, 5) is 14.7. The molecule has 2 aromatic rings. The Balaban J connectivity index is 1.63. The van der Waals surface area contributed by atoms with E-state index in [-0.39, 0.29) is 17.5 Å². The van der Waals surface area contributed by atoms with E-state index in [2.05, 4.69) is 10.2 Å². The highest BCUT2D eigenvalue weighted by atomic mass is 35.5. The first-order valence-electron chi connectivity index (χ1n) is 8.87. The molecule has 0 aliphatic carbocycles. The molecule has 1 fully saturated rings. The van der Waals surface area contributed by atoms with E-state index in [1.165, 1.54) is 12.1 Å². The van der Waals surface area contributed by atoms with E-state index in [0.717, 1.165) is 30.7 Å². The molecule has 3 rings (SSSR count). The van der Waals surface area contributed by atoms with Crippen molar-refractivity contribution in [3.8, 4) is 0 Å². The molecule has 28 heavy (non-hydrogen) atoms. The van der Waals surface area contributed by atoms with E-state index in [9.17, 15) is 18.0 Å². The summed E-state index contributed by atoms with van der Waals surface area (Å²) >= 11 is 12.1. The van der Waals surface area contributed by atoms with Crippen LogP contribution in [0.1, 0.15) is 24.0 Å². The van der Waals surface area contributed by atoms with Crippen molar-refractivity contribution < 1.29 is 18.0 Å². The Hall–Kier alpha value is -1.76. The van der Waals surface area contributed by atoms with Crippen molar-refractivity contribution in [3.63, 3.8) is 0 Å². The van der Waals surface area contributed by atoms with Gasteiger partial charge in [-0.1, -0.05) is 35.3 Å². The Morgan fingerprint density at radius 2 is 1.96 bits per heavy atom. The highest BCUT2D eigenvalue weighted by molar-refractivity contribution is 6.35. The summed E-state index contributed by atoms with van der Waals surface area (Å²) in [5.74, 6) is -0.569. The van der Waals surface area contributed by atoms with Crippen LogP contribution in [-0.2, 0) is 17.5 Å². The number of rotatable bonds is 4. The van der Waals surface area contributed by atoms with E-state index in [1.807, 2.05) is 6.07 Å². The second-order valence-corrected chi connectivity index (χ2v) is 7.72. The lowest BCUT2D eigenvalue weighted by molar-refractivity contribution is -0.137. The van der Waals surface area contributed by atoms with Crippen molar-refractivity contribution in [2.75, 3.05) is 18.4 Å². The van der Waals surface area contributed by atoms with Crippen LogP contribution in [0.15, 0.2) is 42.5 Å². The van der Waals surface area contributed by atoms with Gasteiger partial charge in [-0.3, -0.25) is 9.69 Å². The van der Waals surface area contributed by atoms with Gasteiger partial charge in [0.15, 0.2) is 0 Å². The van der Waals surface area contributed by atoms with Gasteiger partial charge in [-0.05, 0) is 55.3 Å². The highest BCUT2D eigenvalue weighted by Gasteiger charge is 2.31. The normalized spacial score (nSPS) is 18.1. The number of hydrogen-bond acceptors (Lipinski definition) is 2. The lowest BCUT2D eigenvalue weighted by Gasteiger charge is -2.32. The first-order valence-corrected chi connectivity index (χ1v) is 9.62. The minimum absolute atomic E-state index is 0.151. The predicted molar refractivity (Wildman–Crippen MR) is 105 cm³/mol. The van der Waals surface area contributed by atoms with Crippen LogP contribution in [0.3, 0.4) is 0 Å². The number of benzene rings is 2. The number of nitrogens with one attached hydrogen (secondary N) is 1. The third-order valence-corrected chi connectivity index (χ3v) is 5.33.